The van der Waals surface area contributed by atoms with Crippen LogP contribution in [0.2, 0.25) is 0 Å². The first kappa shape index (κ1) is 16.9. The van der Waals surface area contributed by atoms with Crippen molar-refractivity contribution in [3.63, 3.8) is 0 Å². The number of carbonyl (C=O) groups excluding carboxylic acids is 2. The van der Waals surface area contributed by atoms with Crippen LogP contribution in [0.3, 0.4) is 0 Å². The first-order valence-electron chi connectivity index (χ1n) is 6.36. The van der Waals surface area contributed by atoms with Crippen molar-refractivity contribution in [1.82, 2.24) is 0 Å². The molecule has 0 aliphatic heterocycles. The molecule has 0 fully saturated rings. The molecule has 0 spiro atoms. The minimum atomic E-state index is 0.0816. The summed E-state index contributed by atoms with van der Waals surface area (Å²) in [6, 6.07) is 6.75. The molecule has 0 amide bonds. The maximum absolute atomic E-state index is 11.7. The maximum atomic E-state index is 11.7. The molecule has 1 aromatic carbocycles. The molecule has 3 heteroatoms. The van der Waals surface area contributed by atoms with Crippen LogP contribution in [-0.4, -0.2) is 17.2 Å². The Kier molecular flexibility index (Phi) is 9.29. The van der Waals surface area contributed by atoms with Gasteiger partial charge in [0.2, 0.25) is 5.12 Å². The third kappa shape index (κ3) is 6.60. The van der Waals surface area contributed by atoms with Gasteiger partial charge in [0.1, 0.15) is 6.29 Å². The summed E-state index contributed by atoms with van der Waals surface area (Å²) in [7, 11) is 0. The van der Waals surface area contributed by atoms with Gasteiger partial charge in [-0.15, -0.1) is 0 Å². The lowest BCUT2D eigenvalue weighted by molar-refractivity contribution is 0.108. The van der Waals surface area contributed by atoms with Gasteiger partial charge in [-0.2, -0.15) is 0 Å². The number of rotatable bonds is 5. The third-order valence-electron chi connectivity index (χ3n) is 2.21. The van der Waals surface area contributed by atoms with Gasteiger partial charge in [0.15, 0.2) is 0 Å². The van der Waals surface area contributed by atoms with Crippen LogP contribution >= 0.6 is 11.8 Å². The molecule has 0 unspecified atom stereocenters. The summed E-state index contributed by atoms with van der Waals surface area (Å²) in [5.41, 5.74) is 1.27. The van der Waals surface area contributed by atoms with Crippen LogP contribution in [0.5, 0.6) is 0 Å². The molecule has 0 saturated carbocycles. The Morgan fingerprint density at radius 3 is 2.22 bits per heavy atom. The van der Waals surface area contributed by atoms with Crippen molar-refractivity contribution in [2.45, 2.75) is 34.1 Å². The monoisotopic (exact) mass is 266 g/mol. The van der Waals surface area contributed by atoms with Crippen molar-refractivity contribution in [2.75, 3.05) is 5.75 Å². The Morgan fingerprint density at radius 2 is 1.78 bits per heavy atom. The van der Waals surface area contributed by atoms with Gasteiger partial charge in [-0.3, -0.25) is 9.59 Å². The summed E-state index contributed by atoms with van der Waals surface area (Å²) in [6.45, 7) is 8.29. The van der Waals surface area contributed by atoms with Crippen molar-refractivity contribution in [3.8, 4) is 0 Å². The van der Waals surface area contributed by atoms with Crippen LogP contribution in [0.15, 0.2) is 24.3 Å². The SMILES string of the molecule is CC.CC(C)CCSC(=O)c1ccc(C=O)cc1. The van der Waals surface area contributed by atoms with Gasteiger partial charge in [-0.1, -0.05) is 51.6 Å². The number of aldehydes is 1. The Labute approximate surface area is 114 Å². The highest BCUT2D eigenvalue weighted by molar-refractivity contribution is 8.14. The van der Waals surface area contributed by atoms with Gasteiger partial charge < -0.3 is 0 Å². The highest BCUT2D eigenvalue weighted by Gasteiger charge is 2.06. The largest absolute Gasteiger partial charge is 0.298 e. The molecule has 1 aromatic rings. The highest BCUT2D eigenvalue weighted by atomic mass is 32.2. The van der Waals surface area contributed by atoms with Crippen molar-refractivity contribution < 1.29 is 9.59 Å². The van der Waals surface area contributed by atoms with Crippen LogP contribution < -0.4 is 0 Å². The molecular formula is C15H22O2S. The second-order valence-electron chi connectivity index (χ2n) is 4.06. The van der Waals surface area contributed by atoms with E-state index in [0.29, 0.717) is 17.0 Å². The molecule has 0 bridgehead atoms. The molecule has 0 radical (unpaired) electrons. The van der Waals surface area contributed by atoms with Crippen molar-refractivity contribution in [2.24, 2.45) is 5.92 Å². The first-order chi connectivity index (χ1) is 8.63. The lowest BCUT2D eigenvalue weighted by Gasteiger charge is -2.03. The van der Waals surface area contributed by atoms with Crippen LogP contribution in [0, 0.1) is 5.92 Å². The third-order valence-corrected chi connectivity index (χ3v) is 3.15. The topological polar surface area (TPSA) is 34.1 Å². The van der Waals surface area contributed by atoms with Gasteiger partial charge in [0.25, 0.3) is 0 Å². The number of carbonyl (C=O) groups is 2. The summed E-state index contributed by atoms with van der Waals surface area (Å²) < 4.78 is 0. The van der Waals surface area contributed by atoms with Gasteiger partial charge in [0, 0.05) is 16.9 Å². The van der Waals surface area contributed by atoms with Crippen molar-refractivity contribution >= 4 is 23.2 Å². The summed E-state index contributed by atoms with van der Waals surface area (Å²) in [5, 5.41) is 0.0816. The van der Waals surface area contributed by atoms with Crippen LogP contribution in [0.1, 0.15) is 54.8 Å². The van der Waals surface area contributed by atoms with Crippen LogP contribution in [-0.2, 0) is 0 Å². The molecule has 0 N–H and O–H groups in total. The van der Waals surface area contributed by atoms with E-state index in [4.69, 9.17) is 0 Å². The zero-order valence-corrected chi connectivity index (χ0v) is 12.4. The van der Waals surface area contributed by atoms with Gasteiger partial charge in [-0.25, -0.2) is 0 Å². The Bertz CT molecular complexity index is 355. The van der Waals surface area contributed by atoms with E-state index >= 15 is 0 Å². The Balaban J connectivity index is 0.00000137. The fourth-order valence-electron chi connectivity index (χ4n) is 1.17. The van der Waals surface area contributed by atoms with Crippen molar-refractivity contribution in [3.05, 3.63) is 35.4 Å². The number of hydrogen-bond acceptors (Lipinski definition) is 3. The minimum absolute atomic E-state index is 0.0816. The van der Waals surface area contributed by atoms with Crippen LogP contribution in [0.25, 0.3) is 0 Å². The lowest BCUT2D eigenvalue weighted by atomic mass is 10.2. The molecule has 0 aliphatic rings. The average Bonchev–Trinajstić information content (AvgIpc) is 2.40. The van der Waals surface area contributed by atoms with Crippen LogP contribution in [0.4, 0.5) is 0 Å². The van der Waals surface area contributed by atoms with E-state index in [1.54, 1.807) is 24.3 Å². The molecule has 0 atom stereocenters. The molecule has 18 heavy (non-hydrogen) atoms. The number of hydrogen-bond donors (Lipinski definition) is 0. The van der Waals surface area contributed by atoms with E-state index in [0.717, 1.165) is 18.5 Å². The second-order valence-corrected chi connectivity index (χ2v) is 5.13. The normalized spacial score (nSPS) is 9.61. The fourth-order valence-corrected chi connectivity index (χ4v) is 2.25. The summed E-state index contributed by atoms with van der Waals surface area (Å²) in [5.74, 6) is 1.48. The second kappa shape index (κ2) is 9.89. The maximum Gasteiger partial charge on any atom is 0.219 e. The molecule has 0 saturated heterocycles. The van der Waals surface area contributed by atoms with Crippen molar-refractivity contribution in [1.29, 1.82) is 0 Å². The van der Waals surface area contributed by atoms with E-state index in [1.165, 1.54) is 11.8 Å². The van der Waals surface area contributed by atoms with Gasteiger partial charge >= 0.3 is 0 Å². The zero-order chi connectivity index (χ0) is 14.0. The molecule has 100 valence electrons. The average molecular weight is 266 g/mol. The van der Waals surface area contributed by atoms with E-state index in [-0.39, 0.29) is 5.12 Å². The number of thioether (sulfide) groups is 1. The molecule has 1 rings (SSSR count). The van der Waals surface area contributed by atoms with E-state index in [2.05, 4.69) is 13.8 Å². The zero-order valence-electron chi connectivity index (χ0n) is 11.6. The van der Waals surface area contributed by atoms with E-state index in [1.807, 2.05) is 13.8 Å². The molecular weight excluding hydrogens is 244 g/mol. The summed E-state index contributed by atoms with van der Waals surface area (Å²) in [6.07, 6.45) is 1.82. The minimum Gasteiger partial charge on any atom is -0.298 e. The van der Waals surface area contributed by atoms with Gasteiger partial charge in [-0.05, 0) is 24.5 Å². The first-order valence-corrected chi connectivity index (χ1v) is 7.34. The molecule has 0 aliphatic carbocycles. The Hall–Kier alpha value is -1.09. The van der Waals surface area contributed by atoms with E-state index < -0.39 is 0 Å². The lowest BCUT2D eigenvalue weighted by Crippen LogP contribution is -1.97. The predicted octanol–water partition coefficient (Wildman–Crippen LogP) is 4.44. The quantitative estimate of drug-likeness (QED) is 0.739. The Morgan fingerprint density at radius 1 is 1.22 bits per heavy atom. The van der Waals surface area contributed by atoms with Gasteiger partial charge in [0.05, 0.1) is 0 Å². The summed E-state index contributed by atoms with van der Waals surface area (Å²) >= 11 is 1.34. The molecule has 0 aromatic heterocycles. The standard InChI is InChI=1S/C13H16O2S.C2H6/c1-10(2)7-8-16-13(15)12-5-3-11(9-14)4-6-12;1-2/h3-6,9-10H,7-8H2,1-2H3;1-2H3. The highest BCUT2D eigenvalue weighted by Crippen LogP contribution is 2.15. The fraction of sp³-hybridized carbons (Fsp3) is 0.467. The predicted molar refractivity (Wildman–Crippen MR) is 79.4 cm³/mol. The summed E-state index contributed by atoms with van der Waals surface area (Å²) in [4.78, 5) is 22.1. The smallest absolute Gasteiger partial charge is 0.219 e. The number of benzene rings is 1. The molecule has 0 heterocycles. The van der Waals surface area contributed by atoms with E-state index in [9.17, 15) is 9.59 Å². The molecule has 2 nitrogen and oxygen atoms in total.